The Kier molecular flexibility index (Phi) is 7.07. The lowest BCUT2D eigenvalue weighted by Crippen LogP contribution is -2.37. The van der Waals surface area contributed by atoms with Gasteiger partial charge in [0.05, 0.1) is 13.0 Å². The SMILES string of the molecule is CCNC(CCOCCC(F)(F)F)C(=O)O. The maximum absolute atomic E-state index is 11.7. The van der Waals surface area contributed by atoms with E-state index in [0.29, 0.717) is 6.54 Å². The van der Waals surface area contributed by atoms with Crippen molar-refractivity contribution in [3.63, 3.8) is 0 Å². The summed E-state index contributed by atoms with van der Waals surface area (Å²) in [5.41, 5.74) is 0. The number of aliphatic carboxylic acids is 1. The minimum Gasteiger partial charge on any atom is -0.480 e. The number of nitrogens with one attached hydrogen (secondary N) is 1. The third-order valence-corrected chi connectivity index (χ3v) is 1.83. The third kappa shape index (κ3) is 8.49. The van der Waals surface area contributed by atoms with Crippen LogP contribution in [0, 0.1) is 0 Å². The summed E-state index contributed by atoms with van der Waals surface area (Å²) < 4.78 is 39.8. The predicted molar refractivity (Wildman–Crippen MR) is 51.2 cm³/mol. The van der Waals surface area contributed by atoms with E-state index < -0.39 is 31.2 Å². The van der Waals surface area contributed by atoms with Crippen molar-refractivity contribution >= 4 is 5.97 Å². The number of hydrogen-bond donors (Lipinski definition) is 2. The summed E-state index contributed by atoms with van der Waals surface area (Å²) in [6.45, 7) is 1.81. The molecule has 0 saturated heterocycles. The van der Waals surface area contributed by atoms with Crippen LogP contribution in [0.5, 0.6) is 0 Å². The Labute approximate surface area is 91.8 Å². The molecule has 96 valence electrons. The number of carboxylic acid groups (broad SMARTS) is 1. The van der Waals surface area contributed by atoms with Crippen LogP contribution in [0.3, 0.4) is 0 Å². The Morgan fingerprint density at radius 1 is 1.44 bits per heavy atom. The molecule has 0 aliphatic heterocycles. The normalized spacial score (nSPS) is 13.8. The van der Waals surface area contributed by atoms with Crippen molar-refractivity contribution in [3.8, 4) is 0 Å². The topological polar surface area (TPSA) is 58.6 Å². The van der Waals surface area contributed by atoms with E-state index in [1.807, 2.05) is 0 Å². The van der Waals surface area contributed by atoms with Gasteiger partial charge in [-0.05, 0) is 13.0 Å². The molecule has 0 fully saturated rings. The van der Waals surface area contributed by atoms with Gasteiger partial charge in [0, 0.05) is 6.61 Å². The van der Waals surface area contributed by atoms with Gasteiger partial charge in [-0.25, -0.2) is 0 Å². The van der Waals surface area contributed by atoms with Crippen molar-refractivity contribution in [3.05, 3.63) is 0 Å². The zero-order valence-electron chi connectivity index (χ0n) is 9.01. The molecule has 0 aromatic heterocycles. The molecule has 16 heavy (non-hydrogen) atoms. The molecule has 0 amide bonds. The number of carboxylic acids is 1. The van der Waals surface area contributed by atoms with Crippen LogP contribution in [0.15, 0.2) is 0 Å². The zero-order chi connectivity index (χ0) is 12.6. The number of alkyl halides is 3. The number of carbonyl (C=O) groups is 1. The molecule has 0 bridgehead atoms. The van der Waals surface area contributed by atoms with Gasteiger partial charge in [0.2, 0.25) is 0 Å². The highest BCUT2D eigenvalue weighted by molar-refractivity contribution is 5.73. The van der Waals surface area contributed by atoms with Gasteiger partial charge in [0.25, 0.3) is 0 Å². The lowest BCUT2D eigenvalue weighted by molar-refractivity contribution is -0.147. The minimum atomic E-state index is -4.23. The summed E-state index contributed by atoms with van der Waals surface area (Å²) in [5, 5.41) is 11.4. The Balaban J connectivity index is 3.59. The zero-order valence-corrected chi connectivity index (χ0v) is 9.01. The summed E-state index contributed by atoms with van der Waals surface area (Å²) in [7, 11) is 0. The molecule has 0 aliphatic carbocycles. The summed E-state index contributed by atoms with van der Waals surface area (Å²) >= 11 is 0. The molecular formula is C9H16F3NO3. The van der Waals surface area contributed by atoms with E-state index in [0.717, 1.165) is 0 Å². The smallest absolute Gasteiger partial charge is 0.391 e. The first-order chi connectivity index (χ1) is 7.37. The molecule has 0 radical (unpaired) electrons. The second-order valence-electron chi connectivity index (χ2n) is 3.21. The van der Waals surface area contributed by atoms with Crippen molar-refractivity contribution in [1.29, 1.82) is 0 Å². The Morgan fingerprint density at radius 2 is 2.06 bits per heavy atom. The fraction of sp³-hybridized carbons (Fsp3) is 0.889. The quantitative estimate of drug-likeness (QED) is 0.633. The van der Waals surface area contributed by atoms with E-state index >= 15 is 0 Å². The van der Waals surface area contributed by atoms with Crippen LogP contribution in [0.4, 0.5) is 13.2 Å². The van der Waals surface area contributed by atoms with Crippen LogP contribution < -0.4 is 5.32 Å². The van der Waals surface area contributed by atoms with Gasteiger partial charge in [0.1, 0.15) is 6.04 Å². The van der Waals surface area contributed by atoms with Crippen LogP contribution in [0.25, 0.3) is 0 Å². The largest absolute Gasteiger partial charge is 0.480 e. The van der Waals surface area contributed by atoms with Crippen LogP contribution in [-0.2, 0) is 9.53 Å². The number of rotatable bonds is 8. The van der Waals surface area contributed by atoms with E-state index in [9.17, 15) is 18.0 Å². The van der Waals surface area contributed by atoms with E-state index in [1.54, 1.807) is 6.92 Å². The number of hydrogen-bond acceptors (Lipinski definition) is 3. The minimum absolute atomic E-state index is 0.0000463. The molecule has 0 aromatic carbocycles. The van der Waals surface area contributed by atoms with Crippen LogP contribution >= 0.6 is 0 Å². The van der Waals surface area contributed by atoms with Gasteiger partial charge in [-0.2, -0.15) is 13.2 Å². The van der Waals surface area contributed by atoms with E-state index in [-0.39, 0.29) is 13.0 Å². The lowest BCUT2D eigenvalue weighted by atomic mass is 10.2. The van der Waals surface area contributed by atoms with Crippen LogP contribution in [0.2, 0.25) is 0 Å². The first-order valence-corrected chi connectivity index (χ1v) is 4.97. The van der Waals surface area contributed by atoms with Crippen molar-refractivity contribution < 1.29 is 27.8 Å². The summed E-state index contributed by atoms with van der Waals surface area (Å²) in [6.07, 6.45) is -5.08. The number of ether oxygens (including phenoxy) is 1. The van der Waals surface area contributed by atoms with Crippen molar-refractivity contribution in [2.75, 3.05) is 19.8 Å². The standard InChI is InChI=1S/C9H16F3NO3/c1-2-13-7(8(14)15)3-5-16-6-4-9(10,11)12/h7,13H,2-6H2,1H3,(H,14,15). The first-order valence-electron chi connectivity index (χ1n) is 4.97. The molecule has 1 atom stereocenters. The lowest BCUT2D eigenvalue weighted by Gasteiger charge is -2.13. The van der Waals surface area contributed by atoms with Crippen molar-refractivity contribution in [1.82, 2.24) is 5.32 Å². The molecule has 7 heteroatoms. The number of likely N-dealkylation sites (N-methyl/N-ethyl adjacent to an activating group) is 1. The molecule has 2 N–H and O–H groups in total. The maximum Gasteiger partial charge on any atom is 0.391 e. The van der Waals surface area contributed by atoms with Gasteiger partial charge in [-0.1, -0.05) is 6.92 Å². The van der Waals surface area contributed by atoms with Gasteiger partial charge in [0.15, 0.2) is 0 Å². The fourth-order valence-corrected chi connectivity index (χ4v) is 1.05. The van der Waals surface area contributed by atoms with Gasteiger partial charge in [-0.15, -0.1) is 0 Å². The highest BCUT2D eigenvalue weighted by Crippen LogP contribution is 2.18. The van der Waals surface area contributed by atoms with Crippen molar-refractivity contribution in [2.45, 2.75) is 32.0 Å². The molecule has 0 aromatic rings. The number of halogens is 3. The molecule has 0 heterocycles. The van der Waals surface area contributed by atoms with Crippen molar-refractivity contribution in [2.24, 2.45) is 0 Å². The van der Waals surface area contributed by atoms with Gasteiger partial charge >= 0.3 is 12.1 Å². The Hall–Kier alpha value is -0.820. The van der Waals surface area contributed by atoms with Gasteiger partial charge < -0.3 is 15.2 Å². The van der Waals surface area contributed by atoms with E-state index in [1.165, 1.54) is 0 Å². The molecule has 4 nitrogen and oxygen atoms in total. The average Bonchev–Trinajstić information content (AvgIpc) is 2.13. The molecule has 0 spiro atoms. The van der Waals surface area contributed by atoms with Gasteiger partial charge in [-0.3, -0.25) is 4.79 Å². The predicted octanol–water partition coefficient (Wildman–Crippen LogP) is 1.41. The molecular weight excluding hydrogens is 227 g/mol. The highest BCUT2D eigenvalue weighted by atomic mass is 19.4. The summed E-state index contributed by atoms with van der Waals surface area (Å²) in [5.74, 6) is -1.03. The monoisotopic (exact) mass is 243 g/mol. The Bertz CT molecular complexity index is 209. The third-order valence-electron chi connectivity index (χ3n) is 1.83. The summed E-state index contributed by atoms with van der Waals surface area (Å²) in [6, 6.07) is -0.768. The average molecular weight is 243 g/mol. The van der Waals surface area contributed by atoms with Crippen LogP contribution in [0.1, 0.15) is 19.8 Å². The summed E-state index contributed by atoms with van der Waals surface area (Å²) in [4.78, 5) is 10.6. The second kappa shape index (κ2) is 7.45. The fourth-order valence-electron chi connectivity index (χ4n) is 1.05. The van der Waals surface area contributed by atoms with E-state index in [4.69, 9.17) is 9.84 Å². The second-order valence-corrected chi connectivity index (χ2v) is 3.21. The molecule has 0 rings (SSSR count). The molecule has 1 unspecified atom stereocenters. The van der Waals surface area contributed by atoms with Crippen LogP contribution in [-0.4, -0.2) is 43.1 Å². The first kappa shape index (κ1) is 15.2. The molecule has 0 saturated carbocycles. The van der Waals surface area contributed by atoms with E-state index in [2.05, 4.69) is 5.32 Å². The highest BCUT2D eigenvalue weighted by Gasteiger charge is 2.26. The Morgan fingerprint density at radius 3 is 2.50 bits per heavy atom. The molecule has 0 aliphatic rings. The maximum atomic E-state index is 11.7.